The first kappa shape index (κ1) is 10.1. The van der Waals surface area contributed by atoms with Crippen LogP contribution in [0.5, 0.6) is 0 Å². The predicted octanol–water partition coefficient (Wildman–Crippen LogP) is 2.79. The van der Waals surface area contributed by atoms with Crippen molar-refractivity contribution in [1.29, 1.82) is 0 Å². The molecule has 1 aromatic carbocycles. The molecule has 1 unspecified atom stereocenters. The van der Waals surface area contributed by atoms with Crippen LogP contribution in [0.2, 0.25) is 0 Å². The van der Waals surface area contributed by atoms with Crippen LogP contribution in [-0.2, 0) is 0 Å². The zero-order valence-corrected chi connectivity index (χ0v) is 10.1. The Labute approximate surface area is 105 Å². The molecule has 0 bridgehead atoms. The highest BCUT2D eigenvalue weighted by atomic mass is 14.9. The second-order valence-electron chi connectivity index (χ2n) is 5.04. The Morgan fingerprint density at radius 3 is 2.94 bits per heavy atom. The molecule has 3 heterocycles. The molecule has 0 radical (unpaired) electrons. The van der Waals surface area contributed by atoms with E-state index in [0.29, 0.717) is 5.92 Å². The molecule has 1 atom stereocenters. The lowest BCUT2D eigenvalue weighted by Crippen LogP contribution is -2.07. The molecule has 0 amide bonds. The van der Waals surface area contributed by atoms with Crippen molar-refractivity contribution >= 4 is 21.8 Å². The number of rotatable bonds is 1. The number of nitrogens with one attached hydrogen (secondary N) is 2. The normalized spacial score (nSPS) is 19.9. The summed E-state index contributed by atoms with van der Waals surface area (Å²) in [6.07, 6.45) is 5.02. The van der Waals surface area contributed by atoms with Crippen molar-refractivity contribution < 1.29 is 0 Å². The van der Waals surface area contributed by atoms with Crippen LogP contribution >= 0.6 is 0 Å². The molecule has 4 rings (SSSR count). The highest BCUT2D eigenvalue weighted by molar-refractivity contribution is 6.06. The topological polar surface area (TPSA) is 40.7 Å². The summed E-state index contributed by atoms with van der Waals surface area (Å²) in [4.78, 5) is 7.67. The number of H-pyrrole nitrogens is 1. The van der Waals surface area contributed by atoms with Crippen LogP contribution in [0.1, 0.15) is 17.9 Å². The van der Waals surface area contributed by atoms with Crippen LogP contribution < -0.4 is 5.32 Å². The van der Waals surface area contributed by atoms with Gasteiger partial charge in [-0.2, -0.15) is 0 Å². The monoisotopic (exact) mass is 237 g/mol. The van der Waals surface area contributed by atoms with Gasteiger partial charge in [0, 0.05) is 40.7 Å². The van der Waals surface area contributed by atoms with E-state index in [1.165, 1.54) is 33.8 Å². The molecule has 1 aliphatic rings. The molecule has 1 saturated heterocycles. The predicted molar refractivity (Wildman–Crippen MR) is 73.8 cm³/mol. The number of aromatic amines is 1. The summed E-state index contributed by atoms with van der Waals surface area (Å²) >= 11 is 0. The second kappa shape index (κ2) is 3.82. The molecule has 3 aromatic rings. The van der Waals surface area contributed by atoms with Gasteiger partial charge in [0.15, 0.2) is 0 Å². The summed E-state index contributed by atoms with van der Waals surface area (Å²) in [7, 11) is 0. The van der Waals surface area contributed by atoms with Crippen LogP contribution in [0.15, 0.2) is 36.7 Å². The Balaban J connectivity index is 1.94. The van der Waals surface area contributed by atoms with Gasteiger partial charge in [0.05, 0.1) is 0 Å². The summed E-state index contributed by atoms with van der Waals surface area (Å²) in [6.45, 7) is 2.24. The fourth-order valence-corrected chi connectivity index (χ4v) is 2.95. The highest BCUT2D eigenvalue weighted by Gasteiger charge is 2.17. The average Bonchev–Trinajstić information content (AvgIpc) is 3.05. The van der Waals surface area contributed by atoms with E-state index in [-0.39, 0.29) is 0 Å². The number of hydrogen-bond donors (Lipinski definition) is 2. The van der Waals surface area contributed by atoms with E-state index >= 15 is 0 Å². The lowest BCUT2D eigenvalue weighted by atomic mass is 9.97. The number of aromatic nitrogens is 2. The zero-order valence-electron chi connectivity index (χ0n) is 10.1. The van der Waals surface area contributed by atoms with Crippen LogP contribution in [0.3, 0.4) is 0 Å². The van der Waals surface area contributed by atoms with Gasteiger partial charge >= 0.3 is 0 Å². The third-order valence-corrected chi connectivity index (χ3v) is 3.96. The smallest absolute Gasteiger partial charge is 0.0495 e. The summed E-state index contributed by atoms with van der Waals surface area (Å²) in [5.41, 5.74) is 3.81. The lowest BCUT2D eigenvalue weighted by Gasteiger charge is -2.08. The summed E-state index contributed by atoms with van der Waals surface area (Å²) in [5.74, 6) is 0.663. The van der Waals surface area contributed by atoms with E-state index in [1.54, 1.807) is 0 Å². The van der Waals surface area contributed by atoms with Crippen molar-refractivity contribution in [2.24, 2.45) is 0 Å². The molecule has 2 aromatic heterocycles. The van der Waals surface area contributed by atoms with Crippen molar-refractivity contribution in [3.8, 4) is 0 Å². The minimum absolute atomic E-state index is 0.663. The maximum atomic E-state index is 4.23. The van der Waals surface area contributed by atoms with Gasteiger partial charge in [-0.1, -0.05) is 6.07 Å². The molecule has 90 valence electrons. The molecule has 0 aliphatic carbocycles. The molecular weight excluding hydrogens is 222 g/mol. The Morgan fingerprint density at radius 2 is 2.06 bits per heavy atom. The number of benzene rings is 1. The van der Waals surface area contributed by atoms with Crippen molar-refractivity contribution in [2.45, 2.75) is 12.3 Å². The molecule has 18 heavy (non-hydrogen) atoms. The molecule has 2 N–H and O–H groups in total. The molecule has 0 spiro atoms. The fraction of sp³-hybridized carbons (Fsp3) is 0.267. The molecular formula is C15H15N3. The van der Waals surface area contributed by atoms with E-state index in [1.807, 2.05) is 18.5 Å². The largest absolute Gasteiger partial charge is 0.354 e. The van der Waals surface area contributed by atoms with Gasteiger partial charge in [0.2, 0.25) is 0 Å². The second-order valence-corrected chi connectivity index (χ2v) is 5.04. The van der Waals surface area contributed by atoms with E-state index in [4.69, 9.17) is 0 Å². The third-order valence-electron chi connectivity index (χ3n) is 3.96. The van der Waals surface area contributed by atoms with E-state index < -0.39 is 0 Å². The zero-order chi connectivity index (χ0) is 11.9. The Morgan fingerprint density at radius 1 is 1.11 bits per heavy atom. The molecule has 0 saturated carbocycles. The van der Waals surface area contributed by atoms with Crippen molar-refractivity contribution in [3.05, 3.63) is 42.2 Å². The first-order valence-corrected chi connectivity index (χ1v) is 6.48. The SMILES string of the molecule is c1cc2[nH]c3ccc(C4CCNC4)cc3c2cn1. The van der Waals surface area contributed by atoms with Crippen LogP contribution in [0, 0.1) is 0 Å². The maximum Gasteiger partial charge on any atom is 0.0495 e. The minimum atomic E-state index is 0.663. The van der Waals surface area contributed by atoms with E-state index in [0.717, 1.165) is 13.1 Å². The Kier molecular flexibility index (Phi) is 2.14. The van der Waals surface area contributed by atoms with Crippen LogP contribution in [0.25, 0.3) is 21.8 Å². The van der Waals surface area contributed by atoms with Crippen molar-refractivity contribution in [3.63, 3.8) is 0 Å². The first-order chi connectivity index (χ1) is 8.92. The van der Waals surface area contributed by atoms with Crippen molar-refractivity contribution in [1.82, 2.24) is 15.3 Å². The lowest BCUT2D eigenvalue weighted by molar-refractivity contribution is 0.765. The first-order valence-electron chi connectivity index (χ1n) is 6.48. The molecule has 1 fully saturated rings. The number of fused-ring (bicyclic) bond motifs is 3. The average molecular weight is 237 g/mol. The van der Waals surface area contributed by atoms with Crippen LogP contribution in [0.4, 0.5) is 0 Å². The minimum Gasteiger partial charge on any atom is -0.354 e. The van der Waals surface area contributed by atoms with Gasteiger partial charge in [-0.25, -0.2) is 0 Å². The number of pyridine rings is 1. The van der Waals surface area contributed by atoms with Crippen molar-refractivity contribution in [2.75, 3.05) is 13.1 Å². The van der Waals surface area contributed by atoms with Gasteiger partial charge in [-0.3, -0.25) is 4.98 Å². The standard InChI is InChI=1S/C15H15N3/c1-2-14-12(7-10(1)11-3-5-16-8-11)13-9-17-6-4-15(13)18-14/h1-2,4,6-7,9,11,16,18H,3,5,8H2. The Hall–Kier alpha value is -1.87. The van der Waals surface area contributed by atoms with Gasteiger partial charge in [0.25, 0.3) is 0 Å². The number of hydrogen-bond acceptors (Lipinski definition) is 2. The van der Waals surface area contributed by atoms with E-state index in [2.05, 4.69) is 33.5 Å². The molecule has 3 nitrogen and oxygen atoms in total. The van der Waals surface area contributed by atoms with E-state index in [9.17, 15) is 0 Å². The maximum absolute atomic E-state index is 4.23. The third kappa shape index (κ3) is 1.44. The highest BCUT2D eigenvalue weighted by Crippen LogP contribution is 2.29. The van der Waals surface area contributed by atoms with Gasteiger partial charge < -0.3 is 10.3 Å². The summed E-state index contributed by atoms with van der Waals surface area (Å²) in [5, 5.41) is 5.95. The number of nitrogens with zero attached hydrogens (tertiary/aromatic N) is 1. The molecule has 1 aliphatic heterocycles. The summed E-state index contributed by atoms with van der Waals surface area (Å²) in [6, 6.07) is 8.81. The van der Waals surface area contributed by atoms with Gasteiger partial charge in [0.1, 0.15) is 0 Å². The quantitative estimate of drug-likeness (QED) is 0.683. The van der Waals surface area contributed by atoms with Crippen LogP contribution in [-0.4, -0.2) is 23.1 Å². The molecule has 3 heteroatoms. The summed E-state index contributed by atoms with van der Waals surface area (Å²) < 4.78 is 0. The fourth-order valence-electron chi connectivity index (χ4n) is 2.95. The van der Waals surface area contributed by atoms with Gasteiger partial charge in [-0.05, 0) is 42.6 Å². The Bertz CT molecular complexity index is 708. The van der Waals surface area contributed by atoms with Gasteiger partial charge in [-0.15, -0.1) is 0 Å².